The molecule has 2 nitrogen and oxygen atoms in total. The van der Waals surface area contributed by atoms with Crippen LogP contribution in [-0.4, -0.2) is 13.0 Å². The van der Waals surface area contributed by atoms with Gasteiger partial charge in [0.2, 0.25) is 0 Å². The van der Waals surface area contributed by atoms with Crippen LogP contribution < -0.4 is 9.47 Å². The molecule has 3 rings (SSSR count). The van der Waals surface area contributed by atoms with Crippen LogP contribution in [0.1, 0.15) is 62.0 Å². The van der Waals surface area contributed by atoms with Crippen LogP contribution in [0.5, 0.6) is 11.5 Å². The molecule has 2 saturated carbocycles. The van der Waals surface area contributed by atoms with Gasteiger partial charge in [0, 0.05) is 0 Å². The number of hydrogen-bond donors (Lipinski definition) is 0. The summed E-state index contributed by atoms with van der Waals surface area (Å²) in [6.07, 6.45) is 2.95. The van der Waals surface area contributed by atoms with Gasteiger partial charge in [0.25, 0.3) is 0 Å². The summed E-state index contributed by atoms with van der Waals surface area (Å²) in [4.78, 5) is 0. The van der Waals surface area contributed by atoms with E-state index < -0.39 is 6.36 Å². The predicted octanol–water partition coefficient (Wildman–Crippen LogP) is 5.73. The molecular weight excluding hydrogens is 305 g/mol. The molecule has 0 saturated heterocycles. The van der Waals surface area contributed by atoms with Gasteiger partial charge in [-0.2, -0.15) is 0 Å². The first-order valence-electron chi connectivity index (χ1n) is 8.46. The maximum atomic E-state index is 12.8. The summed E-state index contributed by atoms with van der Waals surface area (Å²) in [5.41, 5.74) is 1.54. The van der Waals surface area contributed by atoms with Gasteiger partial charge in [-0.25, -0.2) is 0 Å². The Morgan fingerprint density at radius 1 is 1.09 bits per heavy atom. The minimum atomic E-state index is -4.70. The van der Waals surface area contributed by atoms with Crippen LogP contribution in [0.25, 0.3) is 0 Å². The van der Waals surface area contributed by atoms with Crippen LogP contribution in [0, 0.1) is 12.8 Å². The van der Waals surface area contributed by atoms with E-state index in [9.17, 15) is 13.2 Å². The zero-order chi connectivity index (χ0) is 16.4. The fourth-order valence-corrected chi connectivity index (χ4v) is 3.46. The van der Waals surface area contributed by atoms with Crippen LogP contribution in [0.3, 0.4) is 0 Å². The molecule has 0 spiro atoms. The maximum Gasteiger partial charge on any atom is 0.573 e. The SMILES string of the molecule is Cc1c(C2CCCC2)ccc(OCCC2CC2)c1OC(F)(F)F. The lowest BCUT2D eigenvalue weighted by Gasteiger charge is -2.21. The van der Waals surface area contributed by atoms with Gasteiger partial charge in [-0.05, 0) is 55.2 Å². The normalized spacial score (nSPS) is 19.1. The second kappa shape index (κ2) is 6.62. The van der Waals surface area contributed by atoms with Crippen molar-refractivity contribution in [3.05, 3.63) is 23.3 Å². The molecule has 0 unspecified atom stereocenters. The van der Waals surface area contributed by atoms with Gasteiger partial charge in [-0.3, -0.25) is 0 Å². The Bertz CT molecular complexity index is 544. The van der Waals surface area contributed by atoms with E-state index in [1.54, 1.807) is 13.0 Å². The van der Waals surface area contributed by atoms with Gasteiger partial charge in [-0.1, -0.05) is 31.7 Å². The van der Waals surface area contributed by atoms with Crippen molar-refractivity contribution in [2.75, 3.05) is 6.61 Å². The zero-order valence-corrected chi connectivity index (χ0v) is 13.4. The van der Waals surface area contributed by atoms with E-state index in [1.807, 2.05) is 6.07 Å². The highest BCUT2D eigenvalue weighted by Gasteiger charge is 2.34. The Balaban J connectivity index is 1.82. The minimum absolute atomic E-state index is 0.155. The molecule has 2 aliphatic rings. The molecule has 0 heterocycles. The second-order valence-corrected chi connectivity index (χ2v) is 6.72. The first kappa shape index (κ1) is 16.5. The summed E-state index contributed by atoms with van der Waals surface area (Å²) < 4.78 is 48.3. The Kier molecular flexibility index (Phi) is 4.74. The van der Waals surface area contributed by atoms with Crippen LogP contribution in [0.2, 0.25) is 0 Å². The van der Waals surface area contributed by atoms with Crippen molar-refractivity contribution in [1.29, 1.82) is 0 Å². The summed E-state index contributed by atoms with van der Waals surface area (Å²) >= 11 is 0. The van der Waals surface area contributed by atoms with Crippen molar-refractivity contribution < 1.29 is 22.6 Å². The highest BCUT2D eigenvalue weighted by molar-refractivity contribution is 5.51. The Morgan fingerprint density at radius 2 is 1.78 bits per heavy atom. The molecular formula is C18H23F3O2. The molecule has 0 aromatic heterocycles. The third-order valence-electron chi connectivity index (χ3n) is 4.91. The van der Waals surface area contributed by atoms with Crippen molar-refractivity contribution in [3.8, 4) is 11.5 Å². The summed E-state index contributed by atoms with van der Waals surface area (Å²) in [6.45, 7) is 2.16. The molecule has 1 aromatic carbocycles. The summed E-state index contributed by atoms with van der Waals surface area (Å²) in [7, 11) is 0. The largest absolute Gasteiger partial charge is 0.573 e. The topological polar surface area (TPSA) is 18.5 Å². The highest BCUT2D eigenvalue weighted by Crippen LogP contribution is 2.43. The lowest BCUT2D eigenvalue weighted by atomic mass is 9.93. The molecule has 2 fully saturated rings. The monoisotopic (exact) mass is 328 g/mol. The maximum absolute atomic E-state index is 12.8. The van der Waals surface area contributed by atoms with Gasteiger partial charge in [0.1, 0.15) is 0 Å². The molecule has 1 aromatic rings. The molecule has 0 aliphatic heterocycles. The average molecular weight is 328 g/mol. The van der Waals surface area contributed by atoms with E-state index in [0.717, 1.165) is 37.7 Å². The van der Waals surface area contributed by atoms with Crippen molar-refractivity contribution in [2.24, 2.45) is 5.92 Å². The molecule has 0 N–H and O–H groups in total. The Hall–Kier alpha value is -1.39. The third kappa shape index (κ3) is 4.33. The summed E-state index contributed by atoms with van der Waals surface area (Å²) in [5, 5.41) is 0. The van der Waals surface area contributed by atoms with E-state index in [0.29, 0.717) is 24.0 Å². The van der Waals surface area contributed by atoms with Crippen molar-refractivity contribution in [1.82, 2.24) is 0 Å². The summed E-state index contributed by atoms with van der Waals surface area (Å²) in [6, 6.07) is 3.57. The number of rotatable bonds is 6. The van der Waals surface area contributed by atoms with Gasteiger partial charge >= 0.3 is 6.36 Å². The number of hydrogen-bond acceptors (Lipinski definition) is 2. The average Bonchev–Trinajstić information content (AvgIpc) is 3.13. The third-order valence-corrected chi connectivity index (χ3v) is 4.91. The van der Waals surface area contributed by atoms with Gasteiger partial charge in [-0.15, -0.1) is 13.2 Å². The number of halogens is 3. The highest BCUT2D eigenvalue weighted by atomic mass is 19.4. The van der Waals surface area contributed by atoms with Crippen molar-refractivity contribution in [2.45, 2.75) is 64.1 Å². The van der Waals surface area contributed by atoms with Crippen LogP contribution in [-0.2, 0) is 0 Å². The molecule has 0 atom stereocenters. The van der Waals surface area contributed by atoms with Gasteiger partial charge in [0.15, 0.2) is 11.5 Å². The van der Waals surface area contributed by atoms with E-state index >= 15 is 0 Å². The summed E-state index contributed by atoms with van der Waals surface area (Å²) in [5.74, 6) is 1.08. The van der Waals surface area contributed by atoms with Gasteiger partial charge in [0.05, 0.1) is 6.61 Å². The van der Waals surface area contributed by atoms with Crippen LogP contribution >= 0.6 is 0 Å². The number of ether oxygens (including phenoxy) is 2. The zero-order valence-electron chi connectivity index (χ0n) is 13.4. The second-order valence-electron chi connectivity index (χ2n) is 6.72. The smallest absolute Gasteiger partial charge is 0.490 e. The van der Waals surface area contributed by atoms with E-state index in [4.69, 9.17) is 4.74 Å². The predicted molar refractivity (Wildman–Crippen MR) is 81.9 cm³/mol. The van der Waals surface area contributed by atoms with Gasteiger partial charge < -0.3 is 9.47 Å². The quantitative estimate of drug-likeness (QED) is 0.664. The minimum Gasteiger partial charge on any atom is -0.490 e. The number of alkyl halides is 3. The van der Waals surface area contributed by atoms with E-state index in [1.165, 1.54) is 12.8 Å². The fraction of sp³-hybridized carbons (Fsp3) is 0.667. The van der Waals surface area contributed by atoms with Crippen LogP contribution in [0.4, 0.5) is 13.2 Å². The molecule has 0 radical (unpaired) electrons. The lowest BCUT2D eigenvalue weighted by Crippen LogP contribution is -2.19. The van der Waals surface area contributed by atoms with E-state index in [-0.39, 0.29) is 11.5 Å². The first-order valence-corrected chi connectivity index (χ1v) is 8.46. The molecule has 2 aliphatic carbocycles. The molecule has 0 bridgehead atoms. The molecule has 0 amide bonds. The van der Waals surface area contributed by atoms with Crippen molar-refractivity contribution >= 4 is 0 Å². The Morgan fingerprint density at radius 3 is 2.39 bits per heavy atom. The standard InChI is InChI=1S/C18H23F3O2/c1-12-15(14-4-2-3-5-14)8-9-16(17(12)23-18(19,20)21)22-11-10-13-6-7-13/h8-9,13-14H,2-7,10-11H2,1H3. The Labute approximate surface area is 135 Å². The number of benzene rings is 1. The van der Waals surface area contributed by atoms with Crippen molar-refractivity contribution in [3.63, 3.8) is 0 Å². The molecule has 5 heteroatoms. The lowest BCUT2D eigenvalue weighted by molar-refractivity contribution is -0.275. The van der Waals surface area contributed by atoms with Crippen LogP contribution in [0.15, 0.2) is 12.1 Å². The fourth-order valence-electron chi connectivity index (χ4n) is 3.46. The molecule has 128 valence electrons. The first-order chi connectivity index (χ1) is 10.9. The molecule has 23 heavy (non-hydrogen) atoms. The van der Waals surface area contributed by atoms with E-state index in [2.05, 4.69) is 4.74 Å².